The van der Waals surface area contributed by atoms with E-state index in [9.17, 15) is 4.79 Å². The normalized spacial score (nSPS) is 20.8. The number of piperidine rings is 1. The smallest absolute Gasteiger partial charge is 0.273 e. The summed E-state index contributed by atoms with van der Waals surface area (Å²) in [7, 11) is 0. The first kappa shape index (κ1) is 16.2. The molecule has 0 aliphatic carbocycles. The van der Waals surface area contributed by atoms with E-state index in [4.69, 9.17) is 0 Å². The molecule has 0 atom stereocenters. The molecular weight excluding hydrogens is 338 g/mol. The second-order valence-corrected chi connectivity index (χ2v) is 9.23. The number of carbonyl (C=O) groups is 1. The van der Waals surface area contributed by atoms with Gasteiger partial charge in [0, 0.05) is 34.8 Å². The maximum atomic E-state index is 12.5. The third-order valence-corrected chi connectivity index (χ3v) is 7.04. The number of thiophene rings is 1. The minimum Gasteiger partial charge on any atom is -0.337 e. The molecule has 2 aromatic rings. The summed E-state index contributed by atoms with van der Waals surface area (Å²) in [5.74, 6) is 0.115. The van der Waals surface area contributed by atoms with Crippen molar-refractivity contribution < 1.29 is 4.79 Å². The van der Waals surface area contributed by atoms with Crippen LogP contribution in [0, 0.1) is 12.3 Å². The zero-order valence-corrected chi connectivity index (χ0v) is 15.7. The van der Waals surface area contributed by atoms with Gasteiger partial charge in [0.15, 0.2) is 0 Å². The van der Waals surface area contributed by atoms with Crippen molar-refractivity contribution in [1.29, 1.82) is 0 Å². The zero-order valence-electron chi connectivity index (χ0n) is 14.0. The highest BCUT2D eigenvalue weighted by Crippen LogP contribution is 2.41. The van der Waals surface area contributed by atoms with Crippen molar-refractivity contribution in [2.75, 3.05) is 26.2 Å². The van der Waals surface area contributed by atoms with Crippen molar-refractivity contribution >= 4 is 28.6 Å². The van der Waals surface area contributed by atoms with E-state index in [-0.39, 0.29) is 5.91 Å². The number of amides is 1. The van der Waals surface area contributed by atoms with E-state index in [0.29, 0.717) is 11.1 Å². The van der Waals surface area contributed by atoms with Gasteiger partial charge in [-0.1, -0.05) is 0 Å². The Morgan fingerprint density at radius 3 is 2.71 bits per heavy atom. The molecule has 2 aliphatic rings. The van der Waals surface area contributed by atoms with Crippen LogP contribution in [0.25, 0.3) is 0 Å². The van der Waals surface area contributed by atoms with Gasteiger partial charge in [0.1, 0.15) is 5.69 Å². The van der Waals surface area contributed by atoms with E-state index in [1.807, 2.05) is 21.6 Å². The average molecular weight is 362 g/mol. The Morgan fingerprint density at radius 1 is 1.25 bits per heavy atom. The monoisotopic (exact) mass is 361 g/mol. The van der Waals surface area contributed by atoms with Crippen LogP contribution in [-0.2, 0) is 6.54 Å². The Morgan fingerprint density at radius 2 is 2.04 bits per heavy atom. The van der Waals surface area contributed by atoms with Crippen molar-refractivity contribution in [3.05, 3.63) is 38.5 Å². The molecule has 4 heterocycles. The second kappa shape index (κ2) is 6.58. The lowest BCUT2D eigenvalue weighted by atomic mass is 9.78. The summed E-state index contributed by atoms with van der Waals surface area (Å²) < 4.78 is 0. The molecule has 0 unspecified atom stereocenters. The van der Waals surface area contributed by atoms with Crippen LogP contribution < -0.4 is 0 Å². The van der Waals surface area contributed by atoms with Crippen LogP contribution in [0.2, 0.25) is 0 Å². The third-order valence-electron chi connectivity index (χ3n) is 5.47. The molecule has 0 aromatic carbocycles. The van der Waals surface area contributed by atoms with Gasteiger partial charge >= 0.3 is 0 Å². The Kier molecular flexibility index (Phi) is 4.45. The van der Waals surface area contributed by atoms with Gasteiger partial charge < -0.3 is 4.90 Å². The maximum Gasteiger partial charge on any atom is 0.273 e. The van der Waals surface area contributed by atoms with Crippen LogP contribution in [-0.4, -0.2) is 46.9 Å². The summed E-state index contributed by atoms with van der Waals surface area (Å²) in [6, 6.07) is 4.47. The Hall–Kier alpha value is -1.24. The highest BCUT2D eigenvalue weighted by Gasteiger charge is 2.42. The van der Waals surface area contributed by atoms with Crippen LogP contribution >= 0.6 is 22.7 Å². The van der Waals surface area contributed by atoms with Crippen molar-refractivity contribution in [2.24, 2.45) is 5.41 Å². The third kappa shape index (κ3) is 3.27. The molecule has 0 saturated carbocycles. The van der Waals surface area contributed by atoms with Crippen LogP contribution in [0.15, 0.2) is 23.0 Å². The summed E-state index contributed by atoms with van der Waals surface area (Å²) in [5.41, 5.74) is 2.69. The number of aromatic nitrogens is 1. The molecule has 0 radical (unpaired) electrons. The Balaban J connectivity index is 1.33. The minimum absolute atomic E-state index is 0.115. The van der Waals surface area contributed by atoms with Gasteiger partial charge in [-0.05, 0) is 56.8 Å². The summed E-state index contributed by atoms with van der Waals surface area (Å²) in [5, 5.41) is 1.86. The van der Waals surface area contributed by atoms with Gasteiger partial charge in [-0.3, -0.25) is 9.69 Å². The molecule has 1 spiro atoms. The first-order valence-electron chi connectivity index (χ1n) is 8.59. The molecule has 4 nitrogen and oxygen atoms in total. The van der Waals surface area contributed by atoms with Crippen LogP contribution in [0.5, 0.6) is 0 Å². The van der Waals surface area contributed by atoms with Crippen LogP contribution in [0.1, 0.15) is 39.5 Å². The van der Waals surface area contributed by atoms with Crippen molar-refractivity contribution in [3.8, 4) is 0 Å². The first-order valence-corrected chi connectivity index (χ1v) is 10.3. The van der Waals surface area contributed by atoms with Gasteiger partial charge in [0.25, 0.3) is 5.91 Å². The molecule has 4 rings (SSSR count). The van der Waals surface area contributed by atoms with Gasteiger partial charge in [-0.15, -0.1) is 22.7 Å². The predicted octanol–water partition coefficient (Wildman–Crippen LogP) is 3.64. The fourth-order valence-corrected chi connectivity index (χ4v) is 5.43. The molecule has 0 bridgehead atoms. The average Bonchev–Trinajstić information content (AvgIpc) is 3.31. The lowest BCUT2D eigenvalue weighted by molar-refractivity contribution is 0.0710. The quantitative estimate of drug-likeness (QED) is 0.837. The number of aryl methyl sites for hydroxylation is 1. The molecule has 0 N–H and O–H groups in total. The molecule has 2 fully saturated rings. The standard InChI is InChI=1S/C18H23N3OS2/c1-14-2-3-15(24-14)10-20-7-4-18(5-8-20)6-9-21(12-18)17(22)16-11-23-13-19-16/h2-3,11,13H,4-10,12H2,1H3. The predicted molar refractivity (Wildman–Crippen MR) is 98.6 cm³/mol. The number of thiazole rings is 1. The van der Waals surface area contributed by atoms with Crippen molar-refractivity contribution in [1.82, 2.24) is 14.8 Å². The van der Waals surface area contributed by atoms with Gasteiger partial charge in [-0.2, -0.15) is 0 Å². The number of hydrogen-bond donors (Lipinski definition) is 0. The fraction of sp³-hybridized carbons (Fsp3) is 0.556. The summed E-state index contributed by atoms with van der Waals surface area (Å²) in [4.78, 5) is 24.1. The molecule has 2 saturated heterocycles. The molecule has 6 heteroatoms. The largest absolute Gasteiger partial charge is 0.337 e. The first-order chi connectivity index (χ1) is 11.6. The van der Waals surface area contributed by atoms with E-state index in [2.05, 4.69) is 28.9 Å². The molecular formula is C18H23N3OS2. The van der Waals surface area contributed by atoms with E-state index < -0.39 is 0 Å². The van der Waals surface area contributed by atoms with Crippen molar-refractivity contribution in [3.63, 3.8) is 0 Å². The van der Waals surface area contributed by atoms with Crippen LogP contribution in [0.4, 0.5) is 0 Å². The van der Waals surface area contributed by atoms with E-state index in [1.165, 1.54) is 33.9 Å². The molecule has 1 amide bonds. The summed E-state index contributed by atoms with van der Waals surface area (Å²) in [6.07, 6.45) is 3.56. The van der Waals surface area contributed by atoms with Crippen LogP contribution in [0.3, 0.4) is 0 Å². The number of likely N-dealkylation sites (tertiary alicyclic amines) is 2. The Bertz CT molecular complexity index is 702. The summed E-state index contributed by atoms with van der Waals surface area (Å²) >= 11 is 3.40. The maximum absolute atomic E-state index is 12.5. The highest BCUT2D eigenvalue weighted by atomic mass is 32.1. The minimum atomic E-state index is 0.115. The Labute approximate surface area is 151 Å². The zero-order chi connectivity index (χ0) is 16.6. The number of nitrogens with zero attached hydrogens (tertiary/aromatic N) is 3. The second-order valence-electron chi connectivity index (χ2n) is 7.14. The molecule has 2 aromatic heterocycles. The van der Waals surface area contributed by atoms with E-state index >= 15 is 0 Å². The van der Waals surface area contributed by atoms with Gasteiger partial charge in [0.05, 0.1) is 5.51 Å². The fourth-order valence-electron chi connectivity index (χ4n) is 3.97. The molecule has 2 aliphatic heterocycles. The molecule has 24 heavy (non-hydrogen) atoms. The number of hydrogen-bond acceptors (Lipinski definition) is 5. The van der Waals surface area contributed by atoms with Gasteiger partial charge in [-0.25, -0.2) is 4.98 Å². The van der Waals surface area contributed by atoms with E-state index in [0.717, 1.165) is 39.1 Å². The SMILES string of the molecule is Cc1ccc(CN2CCC3(CC2)CCN(C(=O)c2cscn2)C3)s1. The van der Waals surface area contributed by atoms with Gasteiger partial charge in [0.2, 0.25) is 0 Å². The summed E-state index contributed by atoms with van der Waals surface area (Å²) in [6.45, 7) is 7.35. The highest BCUT2D eigenvalue weighted by molar-refractivity contribution is 7.11. The topological polar surface area (TPSA) is 36.4 Å². The van der Waals surface area contributed by atoms with Crippen molar-refractivity contribution in [2.45, 2.75) is 32.7 Å². The number of rotatable bonds is 3. The van der Waals surface area contributed by atoms with E-state index in [1.54, 1.807) is 5.51 Å². The lowest BCUT2D eigenvalue weighted by Crippen LogP contribution is -2.41. The molecule has 128 valence electrons. The lowest BCUT2D eigenvalue weighted by Gasteiger charge is -2.39. The number of carbonyl (C=O) groups excluding carboxylic acids is 1.